The summed E-state index contributed by atoms with van der Waals surface area (Å²) in [5.41, 5.74) is -1.19. The molecule has 1 atom stereocenters. The highest BCUT2D eigenvalue weighted by Crippen LogP contribution is 2.24. The molecule has 22 heavy (non-hydrogen) atoms. The maximum absolute atomic E-state index is 13.0. The summed E-state index contributed by atoms with van der Waals surface area (Å²) in [4.78, 5) is 28.8. The monoisotopic (exact) mass is 322 g/mol. The molecule has 0 bridgehead atoms. The van der Waals surface area contributed by atoms with Gasteiger partial charge in [0, 0.05) is 4.88 Å². The van der Waals surface area contributed by atoms with E-state index in [1.807, 2.05) is 0 Å². The number of hydrogen-bond acceptors (Lipinski definition) is 4. The molecule has 1 aromatic heterocycles. The maximum Gasteiger partial charge on any atom is 0.333 e. The molecule has 2 N–H and O–H groups in total. The molecular weight excluding hydrogens is 307 g/mol. The van der Waals surface area contributed by atoms with Crippen molar-refractivity contribution in [3.05, 3.63) is 51.2 Å². The molecule has 0 radical (unpaired) electrons. The van der Waals surface area contributed by atoms with Crippen molar-refractivity contribution in [3.63, 3.8) is 0 Å². The minimum absolute atomic E-state index is 0.206. The summed E-state index contributed by atoms with van der Waals surface area (Å²) in [5.74, 6) is -2.29. The van der Waals surface area contributed by atoms with Crippen molar-refractivity contribution in [1.82, 2.24) is 10.3 Å². The third-order valence-corrected chi connectivity index (χ3v) is 4.22. The van der Waals surface area contributed by atoms with E-state index >= 15 is 0 Å². The van der Waals surface area contributed by atoms with Gasteiger partial charge in [-0.1, -0.05) is 12.1 Å². The molecule has 0 aliphatic rings. The van der Waals surface area contributed by atoms with E-state index in [1.165, 1.54) is 30.4 Å². The van der Waals surface area contributed by atoms with Crippen molar-refractivity contribution in [2.45, 2.75) is 26.3 Å². The van der Waals surface area contributed by atoms with Crippen molar-refractivity contribution >= 4 is 23.2 Å². The fourth-order valence-corrected chi connectivity index (χ4v) is 2.87. The Kier molecular flexibility index (Phi) is 4.27. The van der Waals surface area contributed by atoms with Gasteiger partial charge in [0.25, 0.3) is 5.91 Å². The van der Waals surface area contributed by atoms with Gasteiger partial charge >= 0.3 is 5.97 Å². The summed E-state index contributed by atoms with van der Waals surface area (Å²) in [5, 5.41) is 12.7. The Morgan fingerprint density at radius 2 is 1.86 bits per heavy atom. The minimum Gasteiger partial charge on any atom is -0.479 e. The van der Waals surface area contributed by atoms with Crippen LogP contribution in [0.4, 0.5) is 4.39 Å². The smallest absolute Gasteiger partial charge is 0.333 e. The van der Waals surface area contributed by atoms with E-state index in [-0.39, 0.29) is 11.3 Å². The van der Waals surface area contributed by atoms with Crippen LogP contribution in [0, 0.1) is 19.7 Å². The highest BCUT2D eigenvalue weighted by atomic mass is 32.1. The number of amides is 1. The Morgan fingerprint density at radius 1 is 1.27 bits per heavy atom. The summed E-state index contributed by atoms with van der Waals surface area (Å²) in [7, 11) is 0. The third kappa shape index (κ3) is 2.99. The topological polar surface area (TPSA) is 79.3 Å². The van der Waals surface area contributed by atoms with Crippen LogP contribution in [0.2, 0.25) is 0 Å². The molecule has 2 rings (SSSR count). The normalized spacial score (nSPS) is 13.5. The Bertz CT molecular complexity index is 727. The molecule has 0 aliphatic heterocycles. The van der Waals surface area contributed by atoms with E-state index in [4.69, 9.17) is 0 Å². The lowest BCUT2D eigenvalue weighted by Gasteiger charge is -2.26. The van der Waals surface area contributed by atoms with Crippen LogP contribution in [0.15, 0.2) is 24.3 Å². The zero-order chi connectivity index (χ0) is 16.5. The van der Waals surface area contributed by atoms with Crippen LogP contribution in [-0.2, 0) is 10.3 Å². The van der Waals surface area contributed by atoms with E-state index < -0.39 is 23.2 Å². The third-order valence-electron chi connectivity index (χ3n) is 3.33. The first-order valence-electron chi connectivity index (χ1n) is 6.50. The first-order chi connectivity index (χ1) is 10.2. The van der Waals surface area contributed by atoms with E-state index in [0.717, 1.165) is 17.1 Å². The lowest BCUT2D eigenvalue weighted by Crippen LogP contribution is -2.49. The average molecular weight is 322 g/mol. The number of nitrogens with one attached hydrogen (secondary N) is 1. The minimum atomic E-state index is -1.67. The largest absolute Gasteiger partial charge is 0.479 e. The Labute approximate surface area is 130 Å². The first kappa shape index (κ1) is 16.1. The number of hydrogen-bond donors (Lipinski definition) is 2. The molecule has 0 saturated heterocycles. The molecule has 116 valence electrons. The highest BCUT2D eigenvalue weighted by Gasteiger charge is 2.37. The van der Waals surface area contributed by atoms with Crippen LogP contribution >= 0.6 is 11.3 Å². The molecule has 0 saturated carbocycles. The van der Waals surface area contributed by atoms with Gasteiger partial charge in [0.05, 0.1) is 5.01 Å². The van der Waals surface area contributed by atoms with E-state index in [0.29, 0.717) is 4.88 Å². The maximum atomic E-state index is 13.0. The quantitative estimate of drug-likeness (QED) is 0.907. The molecule has 2 aromatic rings. The molecule has 1 aromatic carbocycles. The van der Waals surface area contributed by atoms with Gasteiger partial charge in [-0.3, -0.25) is 4.79 Å². The second-order valence-electron chi connectivity index (χ2n) is 5.03. The van der Waals surface area contributed by atoms with Gasteiger partial charge in [-0.05, 0) is 38.5 Å². The first-order valence-corrected chi connectivity index (χ1v) is 7.31. The zero-order valence-corrected chi connectivity index (χ0v) is 13.1. The van der Waals surface area contributed by atoms with Crippen LogP contribution in [0.1, 0.15) is 32.9 Å². The molecule has 1 unspecified atom stereocenters. The zero-order valence-electron chi connectivity index (χ0n) is 12.3. The van der Waals surface area contributed by atoms with Gasteiger partial charge in [-0.15, -0.1) is 11.3 Å². The van der Waals surface area contributed by atoms with E-state index in [2.05, 4.69) is 10.3 Å². The number of nitrogens with zero attached hydrogens (tertiary/aromatic N) is 1. The molecule has 1 heterocycles. The van der Waals surface area contributed by atoms with Gasteiger partial charge in [-0.25, -0.2) is 14.2 Å². The number of thiazole rings is 1. The van der Waals surface area contributed by atoms with Crippen molar-refractivity contribution in [2.75, 3.05) is 0 Å². The fraction of sp³-hybridized carbons (Fsp3) is 0.267. The van der Waals surface area contributed by atoms with E-state index in [1.54, 1.807) is 13.8 Å². The predicted octanol–water partition coefficient (Wildman–Crippen LogP) is 2.63. The lowest BCUT2D eigenvalue weighted by molar-refractivity contribution is -0.144. The SMILES string of the molecule is Cc1nc(C(=O)NC(C)(C(=O)O)c2ccc(F)cc2)c(C)s1. The summed E-state index contributed by atoms with van der Waals surface area (Å²) in [6.07, 6.45) is 0. The average Bonchev–Trinajstić information content (AvgIpc) is 2.78. The molecular formula is C15H15FN2O3S. The summed E-state index contributed by atoms with van der Waals surface area (Å²) >= 11 is 1.36. The second kappa shape index (κ2) is 5.84. The van der Waals surface area contributed by atoms with E-state index in [9.17, 15) is 19.1 Å². The summed E-state index contributed by atoms with van der Waals surface area (Å²) < 4.78 is 13.0. The molecule has 7 heteroatoms. The number of aromatic nitrogens is 1. The van der Waals surface area contributed by atoms with Gasteiger partial charge in [-0.2, -0.15) is 0 Å². The Balaban J connectivity index is 2.36. The number of aryl methyl sites for hydroxylation is 2. The van der Waals surface area contributed by atoms with Crippen LogP contribution in [-0.4, -0.2) is 22.0 Å². The number of carboxylic acids is 1. The van der Waals surface area contributed by atoms with Crippen LogP contribution in [0.25, 0.3) is 0 Å². The lowest BCUT2D eigenvalue weighted by atomic mass is 9.92. The second-order valence-corrected chi connectivity index (χ2v) is 6.44. The number of halogens is 1. The summed E-state index contributed by atoms with van der Waals surface area (Å²) in [6.45, 7) is 4.87. The van der Waals surface area contributed by atoms with Crippen molar-refractivity contribution < 1.29 is 19.1 Å². The number of carbonyl (C=O) groups excluding carboxylic acids is 1. The Hall–Kier alpha value is -2.28. The van der Waals surface area contributed by atoms with Gasteiger partial charge in [0.2, 0.25) is 0 Å². The number of aliphatic carboxylic acids is 1. The van der Waals surface area contributed by atoms with Crippen molar-refractivity contribution in [2.24, 2.45) is 0 Å². The standard InChI is InChI=1S/C15H15FN2O3S/c1-8-12(17-9(2)22-8)13(19)18-15(3,14(20)21)10-4-6-11(16)7-5-10/h4-7H,1-3H3,(H,18,19)(H,20,21). The van der Waals surface area contributed by atoms with Gasteiger partial charge in [0.15, 0.2) is 5.54 Å². The number of rotatable bonds is 4. The van der Waals surface area contributed by atoms with Crippen molar-refractivity contribution in [1.29, 1.82) is 0 Å². The molecule has 0 spiro atoms. The number of carboxylic acid groups (broad SMARTS) is 1. The van der Waals surface area contributed by atoms with Crippen LogP contribution in [0.3, 0.4) is 0 Å². The van der Waals surface area contributed by atoms with Gasteiger partial charge in [0.1, 0.15) is 11.5 Å². The molecule has 1 amide bonds. The molecule has 0 aliphatic carbocycles. The number of benzene rings is 1. The summed E-state index contributed by atoms with van der Waals surface area (Å²) in [6, 6.07) is 4.98. The molecule has 5 nitrogen and oxygen atoms in total. The predicted molar refractivity (Wildman–Crippen MR) is 80.4 cm³/mol. The highest BCUT2D eigenvalue weighted by molar-refractivity contribution is 7.11. The van der Waals surface area contributed by atoms with Crippen LogP contribution < -0.4 is 5.32 Å². The van der Waals surface area contributed by atoms with Crippen molar-refractivity contribution in [3.8, 4) is 0 Å². The number of carbonyl (C=O) groups is 2. The fourth-order valence-electron chi connectivity index (χ4n) is 2.06. The van der Waals surface area contributed by atoms with Gasteiger partial charge < -0.3 is 10.4 Å². The Morgan fingerprint density at radius 3 is 2.32 bits per heavy atom. The molecule has 0 fully saturated rings. The van der Waals surface area contributed by atoms with Crippen LogP contribution in [0.5, 0.6) is 0 Å².